The Morgan fingerprint density at radius 1 is 1.41 bits per heavy atom. The first-order valence-corrected chi connectivity index (χ1v) is 4.98. The van der Waals surface area contributed by atoms with Gasteiger partial charge in [-0.1, -0.05) is 0 Å². The summed E-state index contributed by atoms with van der Waals surface area (Å²) in [5, 5.41) is 4.24. The Balaban J connectivity index is 0. The van der Waals surface area contributed by atoms with Crippen molar-refractivity contribution in [3.8, 4) is 0 Å². The van der Waals surface area contributed by atoms with Crippen molar-refractivity contribution < 1.29 is 9.53 Å². The van der Waals surface area contributed by atoms with Crippen molar-refractivity contribution >= 4 is 30.8 Å². The first kappa shape index (κ1) is 18.6. The van der Waals surface area contributed by atoms with Crippen LogP contribution in [0.15, 0.2) is 0 Å². The molecule has 1 aromatic rings. The van der Waals surface area contributed by atoms with Gasteiger partial charge in [0.1, 0.15) is 6.54 Å². The summed E-state index contributed by atoms with van der Waals surface area (Å²) in [7, 11) is 0. The number of halogens is 2. The van der Waals surface area contributed by atoms with Crippen LogP contribution < -0.4 is 5.73 Å². The van der Waals surface area contributed by atoms with Gasteiger partial charge in [-0.25, -0.2) is 0 Å². The van der Waals surface area contributed by atoms with Gasteiger partial charge in [-0.2, -0.15) is 5.10 Å². The van der Waals surface area contributed by atoms with Gasteiger partial charge in [-0.3, -0.25) is 9.48 Å². The number of nitrogens with two attached hydrogens (primary N) is 1. The average Bonchev–Trinajstić information content (AvgIpc) is 2.42. The normalized spacial score (nSPS) is 9.18. The molecule has 0 spiro atoms. The Bertz CT molecular complexity index is 367. The first-order chi connectivity index (χ1) is 7.10. The molecule has 100 valence electrons. The second-order valence-corrected chi connectivity index (χ2v) is 3.32. The van der Waals surface area contributed by atoms with Gasteiger partial charge in [0.2, 0.25) is 0 Å². The van der Waals surface area contributed by atoms with Crippen LogP contribution in [0.2, 0.25) is 0 Å². The predicted molar refractivity (Wildman–Crippen MR) is 70.7 cm³/mol. The van der Waals surface area contributed by atoms with E-state index in [-0.39, 0.29) is 37.3 Å². The van der Waals surface area contributed by atoms with E-state index in [1.165, 1.54) is 0 Å². The van der Waals surface area contributed by atoms with Crippen molar-refractivity contribution in [2.75, 3.05) is 6.61 Å². The van der Waals surface area contributed by atoms with Crippen LogP contribution in [0, 0.1) is 13.8 Å². The van der Waals surface area contributed by atoms with Crippen molar-refractivity contribution in [2.45, 2.75) is 33.9 Å². The molecule has 0 aliphatic carbocycles. The van der Waals surface area contributed by atoms with E-state index in [0.29, 0.717) is 13.2 Å². The van der Waals surface area contributed by atoms with Crippen LogP contribution in [-0.2, 0) is 22.6 Å². The third kappa shape index (κ3) is 4.53. The molecule has 0 bridgehead atoms. The number of aryl methyl sites for hydroxylation is 1. The number of rotatable bonds is 4. The lowest BCUT2D eigenvalue weighted by atomic mass is 10.2. The highest BCUT2D eigenvalue weighted by Crippen LogP contribution is 2.11. The van der Waals surface area contributed by atoms with Gasteiger partial charge in [-0.05, 0) is 20.8 Å². The van der Waals surface area contributed by atoms with Gasteiger partial charge in [0.15, 0.2) is 0 Å². The summed E-state index contributed by atoms with van der Waals surface area (Å²) in [6, 6.07) is 0. The van der Waals surface area contributed by atoms with Crippen molar-refractivity contribution in [2.24, 2.45) is 5.73 Å². The van der Waals surface area contributed by atoms with Crippen molar-refractivity contribution in [3.05, 3.63) is 17.0 Å². The van der Waals surface area contributed by atoms with E-state index >= 15 is 0 Å². The van der Waals surface area contributed by atoms with Crippen LogP contribution in [0.1, 0.15) is 23.9 Å². The molecule has 0 radical (unpaired) electrons. The maximum Gasteiger partial charge on any atom is 0.327 e. The monoisotopic (exact) mass is 283 g/mol. The number of hydrogen-bond donors (Lipinski definition) is 1. The quantitative estimate of drug-likeness (QED) is 0.848. The fourth-order valence-corrected chi connectivity index (χ4v) is 1.51. The van der Waals surface area contributed by atoms with E-state index in [9.17, 15) is 4.79 Å². The van der Waals surface area contributed by atoms with Crippen LogP contribution in [0.3, 0.4) is 0 Å². The molecule has 0 amide bonds. The van der Waals surface area contributed by atoms with Crippen LogP contribution in [0.5, 0.6) is 0 Å². The highest BCUT2D eigenvalue weighted by molar-refractivity contribution is 5.85. The zero-order valence-electron chi connectivity index (χ0n) is 10.2. The zero-order valence-corrected chi connectivity index (χ0v) is 11.9. The number of carbonyl (C=O) groups is 1. The van der Waals surface area contributed by atoms with Crippen molar-refractivity contribution in [1.82, 2.24) is 9.78 Å². The molecule has 0 saturated heterocycles. The molecule has 7 heteroatoms. The number of carbonyl (C=O) groups excluding carboxylic acids is 1. The molecule has 5 nitrogen and oxygen atoms in total. The molecule has 0 atom stereocenters. The Morgan fingerprint density at radius 3 is 2.41 bits per heavy atom. The van der Waals surface area contributed by atoms with E-state index in [4.69, 9.17) is 10.5 Å². The van der Waals surface area contributed by atoms with Gasteiger partial charge in [0, 0.05) is 17.8 Å². The minimum atomic E-state index is -0.272. The van der Waals surface area contributed by atoms with Crippen LogP contribution in [-0.4, -0.2) is 22.4 Å². The molecule has 0 unspecified atom stereocenters. The van der Waals surface area contributed by atoms with Crippen molar-refractivity contribution in [1.29, 1.82) is 0 Å². The lowest BCUT2D eigenvalue weighted by molar-refractivity contribution is -0.144. The molecule has 0 saturated carbocycles. The second-order valence-electron chi connectivity index (χ2n) is 3.32. The molecule has 0 aromatic carbocycles. The smallest absolute Gasteiger partial charge is 0.327 e. The Kier molecular flexibility index (Phi) is 9.11. The zero-order chi connectivity index (χ0) is 11.4. The van der Waals surface area contributed by atoms with E-state index in [1.807, 2.05) is 13.8 Å². The van der Waals surface area contributed by atoms with E-state index < -0.39 is 0 Å². The van der Waals surface area contributed by atoms with E-state index in [1.54, 1.807) is 11.6 Å². The molecule has 1 aromatic heterocycles. The molecular formula is C10H19Cl2N3O2. The lowest BCUT2D eigenvalue weighted by Crippen LogP contribution is -2.15. The topological polar surface area (TPSA) is 70.1 Å². The predicted octanol–water partition coefficient (Wildman–Crippen LogP) is 1.37. The van der Waals surface area contributed by atoms with Gasteiger partial charge >= 0.3 is 5.97 Å². The number of ether oxygens (including phenoxy) is 1. The number of hydrogen-bond acceptors (Lipinski definition) is 4. The summed E-state index contributed by atoms with van der Waals surface area (Å²) in [6.45, 7) is 6.56. The third-order valence-electron chi connectivity index (χ3n) is 2.32. The molecule has 0 aliphatic rings. The van der Waals surface area contributed by atoms with Gasteiger partial charge in [0.25, 0.3) is 0 Å². The standard InChI is InChI=1S/C10H17N3O2.2ClH/c1-4-15-10(14)6-13-8(3)9(5-11)7(2)12-13;;/h4-6,11H2,1-3H3;2*1H. The number of esters is 1. The Morgan fingerprint density at radius 2 is 2.00 bits per heavy atom. The van der Waals surface area contributed by atoms with Crippen LogP contribution >= 0.6 is 24.8 Å². The van der Waals surface area contributed by atoms with Crippen LogP contribution in [0.25, 0.3) is 0 Å². The Labute approximate surface area is 114 Å². The Hall–Kier alpha value is -0.780. The van der Waals surface area contributed by atoms with E-state index in [2.05, 4.69) is 5.10 Å². The largest absolute Gasteiger partial charge is 0.465 e. The van der Waals surface area contributed by atoms with Crippen molar-refractivity contribution in [3.63, 3.8) is 0 Å². The fraction of sp³-hybridized carbons (Fsp3) is 0.600. The lowest BCUT2D eigenvalue weighted by Gasteiger charge is -2.04. The molecule has 1 rings (SSSR count). The number of aromatic nitrogens is 2. The summed E-state index contributed by atoms with van der Waals surface area (Å²) < 4.78 is 6.49. The summed E-state index contributed by atoms with van der Waals surface area (Å²) in [4.78, 5) is 11.3. The first-order valence-electron chi connectivity index (χ1n) is 4.98. The molecule has 0 aliphatic heterocycles. The summed E-state index contributed by atoms with van der Waals surface area (Å²) in [5.41, 5.74) is 8.39. The minimum absolute atomic E-state index is 0. The third-order valence-corrected chi connectivity index (χ3v) is 2.32. The molecule has 2 N–H and O–H groups in total. The maximum absolute atomic E-state index is 11.3. The van der Waals surface area contributed by atoms with Gasteiger partial charge in [-0.15, -0.1) is 24.8 Å². The summed E-state index contributed by atoms with van der Waals surface area (Å²) >= 11 is 0. The molecule has 17 heavy (non-hydrogen) atoms. The van der Waals surface area contributed by atoms with Crippen LogP contribution in [0.4, 0.5) is 0 Å². The molecular weight excluding hydrogens is 265 g/mol. The molecule has 1 heterocycles. The maximum atomic E-state index is 11.3. The summed E-state index contributed by atoms with van der Waals surface area (Å²) in [5.74, 6) is -0.272. The summed E-state index contributed by atoms with van der Waals surface area (Å²) in [6.07, 6.45) is 0. The fourth-order valence-electron chi connectivity index (χ4n) is 1.51. The SMILES string of the molecule is CCOC(=O)Cn1nc(C)c(CN)c1C.Cl.Cl. The highest BCUT2D eigenvalue weighted by Gasteiger charge is 2.12. The number of nitrogens with zero attached hydrogens (tertiary/aromatic N) is 2. The van der Waals surface area contributed by atoms with Gasteiger partial charge < -0.3 is 10.5 Å². The molecule has 0 fully saturated rings. The van der Waals surface area contributed by atoms with Gasteiger partial charge in [0.05, 0.1) is 12.3 Å². The average molecular weight is 284 g/mol. The van der Waals surface area contributed by atoms with E-state index in [0.717, 1.165) is 17.0 Å². The minimum Gasteiger partial charge on any atom is -0.465 e. The second kappa shape index (κ2) is 8.33. The highest BCUT2D eigenvalue weighted by atomic mass is 35.5.